The van der Waals surface area contributed by atoms with Crippen LogP contribution in [0.3, 0.4) is 0 Å². The Labute approximate surface area is 203 Å². The second-order valence-corrected chi connectivity index (χ2v) is 9.82. The van der Waals surface area contributed by atoms with Crippen LogP contribution < -0.4 is 10.5 Å². The van der Waals surface area contributed by atoms with E-state index < -0.39 is 6.10 Å². The van der Waals surface area contributed by atoms with Crippen molar-refractivity contribution in [2.24, 2.45) is 5.92 Å². The summed E-state index contributed by atoms with van der Waals surface area (Å²) in [4.78, 5) is 43.3. The molecule has 3 aliphatic rings. The lowest BCUT2D eigenvalue weighted by atomic mass is 9.89. The highest BCUT2D eigenvalue weighted by Crippen LogP contribution is 2.41. The van der Waals surface area contributed by atoms with Crippen LogP contribution in [0.4, 0.5) is 5.95 Å². The molecule has 1 saturated heterocycles. The van der Waals surface area contributed by atoms with Gasteiger partial charge in [-0.05, 0) is 37.3 Å². The normalized spacial score (nSPS) is 22.3. The summed E-state index contributed by atoms with van der Waals surface area (Å²) in [6, 6.07) is 12.8. The number of anilines is 1. The van der Waals surface area contributed by atoms with Crippen molar-refractivity contribution in [1.29, 1.82) is 0 Å². The fourth-order valence-electron chi connectivity index (χ4n) is 5.44. The van der Waals surface area contributed by atoms with Crippen LogP contribution in [0.5, 0.6) is 0 Å². The number of carbonyl (C=O) groups excluding carboxylic acids is 1. The van der Waals surface area contributed by atoms with Crippen molar-refractivity contribution in [3.63, 3.8) is 0 Å². The number of nitrogens with zero attached hydrogens (tertiary/aromatic N) is 6. The zero-order valence-corrected chi connectivity index (χ0v) is 19.5. The van der Waals surface area contributed by atoms with E-state index in [1.807, 2.05) is 35.2 Å². The summed E-state index contributed by atoms with van der Waals surface area (Å²) in [5, 5.41) is 11.2. The van der Waals surface area contributed by atoms with Crippen LogP contribution >= 0.6 is 0 Å². The monoisotopic (exact) mass is 472 g/mol. The van der Waals surface area contributed by atoms with Gasteiger partial charge < -0.3 is 14.9 Å². The summed E-state index contributed by atoms with van der Waals surface area (Å²) in [6.07, 6.45) is 5.72. The Morgan fingerprint density at radius 2 is 1.91 bits per heavy atom. The van der Waals surface area contributed by atoms with Crippen molar-refractivity contribution in [1.82, 2.24) is 24.4 Å². The van der Waals surface area contributed by atoms with Crippen LogP contribution in [-0.2, 0) is 11.3 Å². The standard InChI is InChI=1S/C26H28N6O3/c33-22(18-4-2-1-3-5-18)15-32-25-29-21(20-8-11-27-17-28-20)14-23(34)31(25)13-10-26(32)9-12-30(16-26)24(35)19-6-7-19/h1-5,8,11,14,17,19,22,33H,6-7,9-10,12-13,15-16H2/t22-,26?/m1/s1. The first kappa shape index (κ1) is 21.9. The van der Waals surface area contributed by atoms with Gasteiger partial charge in [0, 0.05) is 37.8 Å². The number of benzene rings is 1. The Balaban J connectivity index is 1.42. The summed E-state index contributed by atoms with van der Waals surface area (Å²) in [6.45, 7) is 2.06. The average molecular weight is 473 g/mol. The minimum atomic E-state index is -0.771. The molecule has 1 unspecified atom stereocenters. The molecule has 35 heavy (non-hydrogen) atoms. The second kappa shape index (κ2) is 8.57. The van der Waals surface area contributed by atoms with E-state index in [1.54, 1.807) is 16.8 Å². The van der Waals surface area contributed by atoms with Crippen LogP contribution in [0.1, 0.15) is 37.4 Å². The predicted octanol–water partition coefficient (Wildman–Crippen LogP) is 2.03. The first-order chi connectivity index (χ1) is 17.0. The minimum absolute atomic E-state index is 0.151. The number of hydrogen-bond donors (Lipinski definition) is 1. The lowest BCUT2D eigenvalue weighted by Gasteiger charge is -2.47. The zero-order chi connectivity index (χ0) is 24.0. The maximum Gasteiger partial charge on any atom is 0.255 e. The van der Waals surface area contributed by atoms with Crippen LogP contribution in [0.15, 0.2) is 59.8 Å². The van der Waals surface area contributed by atoms with E-state index >= 15 is 0 Å². The third-order valence-corrected chi connectivity index (χ3v) is 7.56. The maximum absolute atomic E-state index is 13.2. The number of fused-ring (bicyclic) bond motifs is 1. The molecule has 2 aliphatic heterocycles. The molecule has 1 spiro atoms. The molecule has 6 rings (SSSR count). The third kappa shape index (κ3) is 3.99. The SMILES string of the molecule is O=C(C1CC1)N1CCC2(CCn3c(nc(-c4ccncn4)cc3=O)N2C[C@@H](O)c2ccccc2)C1. The molecule has 2 atom stereocenters. The smallest absolute Gasteiger partial charge is 0.255 e. The van der Waals surface area contributed by atoms with Gasteiger partial charge in [-0.25, -0.2) is 15.0 Å². The predicted molar refractivity (Wildman–Crippen MR) is 130 cm³/mol. The van der Waals surface area contributed by atoms with Crippen molar-refractivity contribution >= 4 is 11.9 Å². The van der Waals surface area contributed by atoms with E-state index in [0.29, 0.717) is 43.4 Å². The van der Waals surface area contributed by atoms with Gasteiger partial charge in [0.2, 0.25) is 11.9 Å². The molecule has 1 aromatic carbocycles. The lowest BCUT2D eigenvalue weighted by molar-refractivity contribution is -0.131. The van der Waals surface area contributed by atoms with Crippen LogP contribution in [0.25, 0.3) is 11.4 Å². The van der Waals surface area contributed by atoms with Gasteiger partial charge in [-0.15, -0.1) is 0 Å². The van der Waals surface area contributed by atoms with E-state index in [0.717, 1.165) is 24.8 Å². The first-order valence-corrected chi connectivity index (χ1v) is 12.2. The number of hydrogen-bond acceptors (Lipinski definition) is 7. The molecular formula is C26H28N6O3. The molecule has 0 radical (unpaired) electrons. The number of amides is 1. The number of likely N-dealkylation sites (tertiary alicyclic amines) is 1. The Hall–Kier alpha value is -3.59. The number of rotatable bonds is 5. The molecular weight excluding hydrogens is 444 g/mol. The largest absolute Gasteiger partial charge is 0.387 e. The Bertz CT molecular complexity index is 1290. The Morgan fingerprint density at radius 1 is 1.11 bits per heavy atom. The number of carbonyl (C=O) groups is 1. The summed E-state index contributed by atoms with van der Waals surface area (Å²) >= 11 is 0. The molecule has 9 nitrogen and oxygen atoms in total. The highest BCUT2D eigenvalue weighted by atomic mass is 16.3. The van der Waals surface area contributed by atoms with Gasteiger partial charge in [0.15, 0.2) is 0 Å². The van der Waals surface area contributed by atoms with E-state index in [1.165, 1.54) is 12.4 Å². The highest BCUT2D eigenvalue weighted by Gasteiger charge is 2.50. The van der Waals surface area contributed by atoms with E-state index in [4.69, 9.17) is 4.98 Å². The van der Waals surface area contributed by atoms with Gasteiger partial charge in [0.1, 0.15) is 6.33 Å². The fourth-order valence-corrected chi connectivity index (χ4v) is 5.44. The highest BCUT2D eigenvalue weighted by molar-refractivity contribution is 5.81. The average Bonchev–Trinajstić information content (AvgIpc) is 3.66. The molecule has 1 saturated carbocycles. The number of aliphatic hydroxyl groups excluding tert-OH is 1. The Kier molecular flexibility index (Phi) is 5.36. The van der Waals surface area contributed by atoms with Gasteiger partial charge in [0.25, 0.3) is 5.56 Å². The van der Waals surface area contributed by atoms with Gasteiger partial charge in [-0.2, -0.15) is 0 Å². The molecule has 2 fully saturated rings. The molecule has 3 aromatic rings. The number of β-amino-alcohol motifs (C(OH)–C–C–N with tert-alkyl or cyclic N) is 1. The minimum Gasteiger partial charge on any atom is -0.387 e. The van der Waals surface area contributed by atoms with Crippen molar-refractivity contribution in [2.75, 3.05) is 24.5 Å². The van der Waals surface area contributed by atoms with Crippen molar-refractivity contribution < 1.29 is 9.90 Å². The quantitative estimate of drug-likeness (QED) is 0.606. The topological polar surface area (TPSA) is 104 Å². The number of aliphatic hydroxyl groups is 1. The summed E-state index contributed by atoms with van der Waals surface area (Å²) in [5.41, 5.74) is 1.31. The second-order valence-electron chi connectivity index (χ2n) is 9.82. The molecule has 1 amide bonds. The van der Waals surface area contributed by atoms with Crippen molar-refractivity contribution in [3.8, 4) is 11.4 Å². The summed E-state index contributed by atoms with van der Waals surface area (Å²) in [7, 11) is 0. The molecule has 9 heteroatoms. The molecule has 180 valence electrons. The molecule has 2 aromatic heterocycles. The fraction of sp³-hybridized carbons (Fsp3) is 0.423. The van der Waals surface area contributed by atoms with E-state index in [2.05, 4.69) is 14.9 Å². The van der Waals surface area contributed by atoms with Crippen LogP contribution in [-0.4, -0.2) is 60.6 Å². The summed E-state index contributed by atoms with van der Waals surface area (Å²) < 4.78 is 1.68. The molecule has 1 aliphatic carbocycles. The molecule has 4 heterocycles. The van der Waals surface area contributed by atoms with Gasteiger partial charge >= 0.3 is 0 Å². The molecule has 1 N–H and O–H groups in total. The van der Waals surface area contributed by atoms with E-state index in [9.17, 15) is 14.7 Å². The van der Waals surface area contributed by atoms with Gasteiger partial charge in [0.05, 0.1) is 29.6 Å². The lowest BCUT2D eigenvalue weighted by Crippen LogP contribution is -2.58. The van der Waals surface area contributed by atoms with Gasteiger partial charge in [-0.3, -0.25) is 14.2 Å². The zero-order valence-electron chi connectivity index (χ0n) is 19.5. The van der Waals surface area contributed by atoms with Gasteiger partial charge in [-0.1, -0.05) is 30.3 Å². The molecule has 0 bridgehead atoms. The maximum atomic E-state index is 13.2. The van der Waals surface area contributed by atoms with Crippen LogP contribution in [0, 0.1) is 5.92 Å². The summed E-state index contributed by atoms with van der Waals surface area (Å²) in [5.74, 6) is 0.915. The van der Waals surface area contributed by atoms with Crippen molar-refractivity contribution in [3.05, 3.63) is 70.9 Å². The number of aromatic nitrogens is 4. The van der Waals surface area contributed by atoms with E-state index in [-0.39, 0.29) is 29.5 Å². The van der Waals surface area contributed by atoms with Crippen LogP contribution in [0.2, 0.25) is 0 Å². The first-order valence-electron chi connectivity index (χ1n) is 12.2. The Morgan fingerprint density at radius 3 is 2.66 bits per heavy atom. The van der Waals surface area contributed by atoms with Crippen molar-refractivity contribution in [2.45, 2.75) is 43.9 Å². The third-order valence-electron chi connectivity index (χ3n) is 7.56.